The van der Waals surface area contributed by atoms with Gasteiger partial charge in [-0.3, -0.25) is 48.4 Å². The molecule has 0 aliphatic carbocycles. The number of aryl methyl sites for hydroxylation is 1. The zero-order valence-electron chi connectivity index (χ0n) is 34.0. The van der Waals surface area contributed by atoms with Crippen LogP contribution in [0, 0.1) is 23.3 Å². The zero-order valence-corrected chi connectivity index (χ0v) is 34.0. The molecule has 1 fully saturated rings. The number of nitrogens with one attached hydrogen (secondary N) is 1. The molecule has 0 spiro atoms. The molecule has 1 amide bonds. The molecule has 1 aliphatic heterocycles. The standard InChI is InChI=1S/C41H55F4N5O11/c42-31-22-32(43)40(45)41(39(31)44)61-38(60)9-5-4-8-33(51)46-14-6-2-1-3-7-28-10-12-29(13-11-28)21-30-23-49(26-36(56)57)18-17-47(24-34(52)53)15-16-48(25-35(54)55)19-20-50(30)27-37(58)59/h10-13,22,30H,1-9,14-21,23-27H2,(H,46,51)(H,52,53)(H,54,55)(H,56,57)(H,58,59)/t30-/m0/s1. The molecule has 0 aromatic heterocycles. The lowest BCUT2D eigenvalue weighted by atomic mass is 10.00. The Bertz CT molecular complexity index is 1760. The van der Waals surface area contributed by atoms with Crippen molar-refractivity contribution in [3.05, 3.63) is 64.7 Å². The first kappa shape index (κ1) is 50.2. The molecule has 20 heteroatoms. The summed E-state index contributed by atoms with van der Waals surface area (Å²) in [5.41, 5.74) is 1.97. The highest BCUT2D eigenvalue weighted by Gasteiger charge is 2.28. The van der Waals surface area contributed by atoms with Gasteiger partial charge in [0.2, 0.25) is 23.3 Å². The van der Waals surface area contributed by atoms with Crippen molar-refractivity contribution in [3.63, 3.8) is 0 Å². The predicted molar refractivity (Wildman–Crippen MR) is 211 cm³/mol. The lowest BCUT2D eigenvalue weighted by Gasteiger charge is -2.37. The van der Waals surface area contributed by atoms with Gasteiger partial charge in [0.15, 0.2) is 11.6 Å². The Morgan fingerprint density at radius 3 is 1.67 bits per heavy atom. The Morgan fingerprint density at radius 1 is 0.607 bits per heavy atom. The van der Waals surface area contributed by atoms with E-state index in [2.05, 4.69) is 10.1 Å². The molecule has 0 unspecified atom stereocenters. The van der Waals surface area contributed by atoms with Crippen LogP contribution in [0.25, 0.3) is 0 Å². The third-order valence-corrected chi connectivity index (χ3v) is 10.1. The van der Waals surface area contributed by atoms with Crippen LogP contribution in [0.15, 0.2) is 30.3 Å². The Hall–Kier alpha value is -5.18. The summed E-state index contributed by atoms with van der Waals surface area (Å²) < 4.78 is 58.4. The number of aliphatic carboxylic acids is 4. The Kier molecular flexibility index (Phi) is 21.6. The molecule has 2 aromatic carbocycles. The average Bonchev–Trinajstić information content (AvgIpc) is 3.18. The van der Waals surface area contributed by atoms with Gasteiger partial charge in [-0.25, -0.2) is 8.78 Å². The fourth-order valence-corrected chi connectivity index (χ4v) is 6.95. The largest absolute Gasteiger partial charge is 0.480 e. The van der Waals surface area contributed by atoms with Crippen molar-refractivity contribution in [2.24, 2.45) is 0 Å². The van der Waals surface area contributed by atoms with E-state index in [1.165, 1.54) is 0 Å². The average molecular weight is 870 g/mol. The first-order chi connectivity index (χ1) is 29.0. The number of carboxylic acid groups (broad SMARTS) is 4. The van der Waals surface area contributed by atoms with Gasteiger partial charge in [0.05, 0.1) is 26.2 Å². The lowest BCUT2D eigenvalue weighted by molar-refractivity contribution is -0.142. The molecule has 0 bridgehead atoms. The topological polar surface area (TPSA) is 218 Å². The number of unbranched alkanes of at least 4 members (excludes halogenated alkanes) is 4. The fraction of sp³-hybridized carbons (Fsp3) is 0.561. The number of esters is 1. The monoisotopic (exact) mass is 869 g/mol. The normalized spacial score (nSPS) is 16.3. The van der Waals surface area contributed by atoms with Crippen LogP contribution in [0.4, 0.5) is 17.6 Å². The third kappa shape index (κ3) is 19.4. The van der Waals surface area contributed by atoms with Crippen molar-refractivity contribution >= 4 is 35.8 Å². The summed E-state index contributed by atoms with van der Waals surface area (Å²) in [6.45, 7) is 0.551. The summed E-state index contributed by atoms with van der Waals surface area (Å²) in [7, 11) is 0. The molecule has 1 saturated heterocycles. The minimum absolute atomic E-state index is 0.00442. The molecule has 3 rings (SSSR count). The van der Waals surface area contributed by atoms with Gasteiger partial charge in [0, 0.05) is 77.3 Å². The number of hydrogen-bond donors (Lipinski definition) is 5. The Morgan fingerprint density at radius 2 is 1.10 bits per heavy atom. The number of hydrogen-bond acceptors (Lipinski definition) is 11. The SMILES string of the molecule is O=C(O)CN1CCN(CC(=O)O)CCN(CC(=O)O)[C@@H](Cc2ccc(CCCCCCNC(=O)CCCCC(=O)Oc3c(F)c(F)cc(F)c3F)cc2)CN(CC(=O)O)CC1. The maximum absolute atomic E-state index is 13.7. The molecule has 1 aliphatic rings. The quantitative estimate of drug-likeness (QED) is 0.0357. The van der Waals surface area contributed by atoms with Gasteiger partial charge in [-0.1, -0.05) is 37.1 Å². The van der Waals surface area contributed by atoms with Crippen molar-refractivity contribution in [2.45, 2.75) is 70.3 Å². The number of halogens is 4. The van der Waals surface area contributed by atoms with Crippen LogP contribution in [0.2, 0.25) is 0 Å². The molecule has 1 heterocycles. The molecule has 61 heavy (non-hydrogen) atoms. The van der Waals surface area contributed by atoms with E-state index in [9.17, 15) is 66.8 Å². The summed E-state index contributed by atoms with van der Waals surface area (Å²) in [5, 5.41) is 41.3. The number of nitrogens with zero attached hydrogens (tertiary/aromatic N) is 4. The second-order valence-corrected chi connectivity index (χ2v) is 15.0. The second-order valence-electron chi connectivity index (χ2n) is 15.0. The van der Waals surface area contributed by atoms with E-state index in [4.69, 9.17) is 0 Å². The number of carboxylic acids is 4. The van der Waals surface area contributed by atoms with Gasteiger partial charge in [-0.2, -0.15) is 8.78 Å². The molecular weight excluding hydrogens is 814 g/mol. The van der Waals surface area contributed by atoms with Crippen LogP contribution >= 0.6 is 0 Å². The highest BCUT2D eigenvalue weighted by atomic mass is 19.2. The van der Waals surface area contributed by atoms with Crippen molar-refractivity contribution in [1.82, 2.24) is 24.9 Å². The molecule has 2 aromatic rings. The fourth-order valence-electron chi connectivity index (χ4n) is 6.95. The zero-order chi connectivity index (χ0) is 44.9. The highest BCUT2D eigenvalue weighted by Crippen LogP contribution is 2.27. The van der Waals surface area contributed by atoms with Crippen molar-refractivity contribution < 1.29 is 71.5 Å². The van der Waals surface area contributed by atoms with Crippen molar-refractivity contribution in [3.8, 4) is 5.75 Å². The first-order valence-electron chi connectivity index (χ1n) is 20.2. The number of benzene rings is 2. The minimum atomic E-state index is -1.81. The van der Waals surface area contributed by atoms with Gasteiger partial charge in [0.1, 0.15) is 0 Å². The second kappa shape index (κ2) is 26.2. The number of carbonyl (C=O) groups excluding carboxylic acids is 2. The lowest BCUT2D eigenvalue weighted by Crippen LogP contribution is -2.53. The molecule has 338 valence electrons. The molecule has 5 N–H and O–H groups in total. The van der Waals surface area contributed by atoms with Gasteiger partial charge in [-0.05, 0) is 49.7 Å². The predicted octanol–water partition coefficient (Wildman–Crippen LogP) is 3.10. The van der Waals surface area contributed by atoms with Gasteiger partial charge in [0.25, 0.3) is 0 Å². The third-order valence-electron chi connectivity index (χ3n) is 10.1. The maximum Gasteiger partial charge on any atom is 0.317 e. The van der Waals surface area contributed by atoms with Crippen LogP contribution in [0.3, 0.4) is 0 Å². The van der Waals surface area contributed by atoms with Crippen LogP contribution in [-0.4, -0.2) is 160 Å². The molecular formula is C41H55F4N5O11. The highest BCUT2D eigenvalue weighted by molar-refractivity contribution is 5.76. The van der Waals surface area contributed by atoms with E-state index >= 15 is 0 Å². The Labute approximate surface area is 351 Å². The van der Waals surface area contributed by atoms with Gasteiger partial charge >= 0.3 is 29.8 Å². The van der Waals surface area contributed by atoms with E-state index in [0.717, 1.165) is 43.2 Å². The number of ether oxygens (including phenoxy) is 1. The van der Waals surface area contributed by atoms with Gasteiger partial charge < -0.3 is 30.5 Å². The number of carbonyl (C=O) groups is 6. The van der Waals surface area contributed by atoms with Crippen LogP contribution in [0.1, 0.15) is 62.5 Å². The molecule has 0 saturated carbocycles. The molecule has 1 atom stereocenters. The molecule has 16 nitrogen and oxygen atoms in total. The van der Waals surface area contributed by atoms with E-state index in [1.807, 2.05) is 24.3 Å². The van der Waals surface area contributed by atoms with E-state index in [-0.39, 0.29) is 110 Å². The van der Waals surface area contributed by atoms with E-state index < -0.39 is 64.9 Å². The summed E-state index contributed by atoms with van der Waals surface area (Å²) in [6, 6.07) is 7.39. The van der Waals surface area contributed by atoms with E-state index in [1.54, 1.807) is 19.6 Å². The van der Waals surface area contributed by atoms with Crippen molar-refractivity contribution in [2.75, 3.05) is 78.5 Å². The summed E-state index contributed by atoms with van der Waals surface area (Å²) >= 11 is 0. The van der Waals surface area contributed by atoms with Crippen LogP contribution in [-0.2, 0) is 41.6 Å². The maximum atomic E-state index is 13.7. The Balaban J connectivity index is 1.46. The van der Waals surface area contributed by atoms with E-state index in [0.29, 0.717) is 13.0 Å². The number of amides is 1. The first-order valence-corrected chi connectivity index (χ1v) is 20.2. The van der Waals surface area contributed by atoms with Crippen molar-refractivity contribution in [1.29, 1.82) is 0 Å². The van der Waals surface area contributed by atoms with Gasteiger partial charge in [-0.15, -0.1) is 0 Å². The minimum Gasteiger partial charge on any atom is -0.480 e. The molecule has 0 radical (unpaired) electrons. The summed E-state index contributed by atoms with van der Waals surface area (Å²) in [4.78, 5) is 77.8. The summed E-state index contributed by atoms with van der Waals surface area (Å²) in [6.07, 6.45) is 4.72. The van der Waals surface area contributed by atoms with Crippen LogP contribution in [0.5, 0.6) is 5.75 Å². The smallest absolute Gasteiger partial charge is 0.317 e. The summed E-state index contributed by atoms with van der Waals surface area (Å²) in [5.74, 6) is -14.1. The number of rotatable bonds is 23. The van der Waals surface area contributed by atoms with Crippen LogP contribution < -0.4 is 10.1 Å².